The van der Waals surface area contributed by atoms with Crippen molar-refractivity contribution in [3.05, 3.63) is 160 Å². The van der Waals surface area contributed by atoms with Crippen LogP contribution < -0.4 is 5.30 Å². The van der Waals surface area contributed by atoms with Crippen LogP contribution >= 0.6 is 7.14 Å². The molecule has 0 amide bonds. The number of carbonyl (C=O) groups is 2. The van der Waals surface area contributed by atoms with Crippen molar-refractivity contribution < 1.29 is 14.2 Å². The van der Waals surface area contributed by atoms with Crippen LogP contribution in [0.4, 0.5) is 0 Å². The van der Waals surface area contributed by atoms with Crippen LogP contribution in [0.15, 0.2) is 125 Å². The molecule has 0 fully saturated rings. The molecular formula is C39H40O3PS+. The van der Waals surface area contributed by atoms with E-state index in [1.807, 2.05) is 65.8 Å². The molecular weight excluding hydrogens is 579 g/mol. The Bertz CT molecular complexity index is 1670. The van der Waals surface area contributed by atoms with E-state index in [0.717, 1.165) is 33.4 Å². The van der Waals surface area contributed by atoms with Gasteiger partial charge in [0.25, 0.3) is 0 Å². The summed E-state index contributed by atoms with van der Waals surface area (Å²) in [5.74, 6) is 0. The third-order valence-corrected chi connectivity index (χ3v) is 12.2. The minimum Gasteiger partial charge on any atom is -0.302 e. The number of hydrogen-bond acceptors (Lipinski definition) is 3. The fraction of sp³-hybridized carbons (Fsp3) is 0.179. The van der Waals surface area contributed by atoms with Crippen LogP contribution in [0.5, 0.6) is 0 Å². The standard InChI is InChI=1S/C26H27O3P.C13H13S/c1-16-12-18(3)23(19(4)13-16)25(27)30(29,22-10-8-7-9-11-22)26(28)24-20(5)14-17(2)15-21(24)6;1-14(12-8-4-2-5-9-12)13-10-6-3-7-11-13/h7-15H,1-6H3;2-11H,1H3/q;+1. The van der Waals surface area contributed by atoms with Crippen molar-refractivity contribution in [2.75, 3.05) is 6.26 Å². The highest BCUT2D eigenvalue weighted by molar-refractivity contribution is 8.01. The first kappa shape index (κ1) is 32.9. The number of aryl methyl sites for hydroxylation is 6. The van der Waals surface area contributed by atoms with Gasteiger partial charge < -0.3 is 4.57 Å². The normalized spacial score (nSPS) is 11.1. The molecule has 0 N–H and O–H groups in total. The molecule has 0 heterocycles. The summed E-state index contributed by atoms with van der Waals surface area (Å²) in [6.45, 7) is 11.2. The van der Waals surface area contributed by atoms with Gasteiger partial charge in [-0.05, 0) is 88.1 Å². The molecule has 44 heavy (non-hydrogen) atoms. The number of benzene rings is 5. The third-order valence-electron chi connectivity index (χ3n) is 7.67. The smallest absolute Gasteiger partial charge is 0.248 e. The molecule has 0 radical (unpaired) electrons. The van der Waals surface area contributed by atoms with Gasteiger partial charge in [0.15, 0.2) is 9.79 Å². The second-order valence-electron chi connectivity index (χ2n) is 11.2. The molecule has 0 aliphatic carbocycles. The molecule has 0 spiro atoms. The Morgan fingerprint density at radius 1 is 0.500 bits per heavy atom. The van der Waals surface area contributed by atoms with Crippen molar-refractivity contribution in [1.29, 1.82) is 0 Å². The van der Waals surface area contributed by atoms with E-state index < -0.39 is 18.2 Å². The summed E-state index contributed by atoms with van der Waals surface area (Å²) in [4.78, 5) is 30.5. The summed E-state index contributed by atoms with van der Waals surface area (Å²) in [5.41, 5.74) is 4.56. The van der Waals surface area contributed by atoms with Gasteiger partial charge in [-0.25, -0.2) is 0 Å². The van der Waals surface area contributed by atoms with E-state index in [1.165, 1.54) is 9.79 Å². The zero-order valence-corrected chi connectivity index (χ0v) is 28.3. The first-order chi connectivity index (χ1) is 20.9. The molecule has 5 aromatic carbocycles. The van der Waals surface area contributed by atoms with E-state index in [4.69, 9.17) is 0 Å². The Hall–Kier alpha value is -3.98. The summed E-state index contributed by atoms with van der Waals surface area (Å²) in [7, 11) is -3.91. The highest BCUT2D eigenvalue weighted by Crippen LogP contribution is 2.52. The fourth-order valence-electron chi connectivity index (χ4n) is 5.70. The van der Waals surface area contributed by atoms with E-state index in [-0.39, 0.29) is 16.2 Å². The maximum absolute atomic E-state index is 14.5. The molecule has 224 valence electrons. The maximum Gasteiger partial charge on any atom is 0.248 e. The fourth-order valence-corrected chi connectivity index (χ4v) is 9.68. The number of rotatable bonds is 7. The predicted octanol–water partition coefficient (Wildman–Crippen LogP) is 9.56. The van der Waals surface area contributed by atoms with Gasteiger partial charge in [-0.2, -0.15) is 0 Å². The molecule has 0 aliphatic rings. The number of hydrogen-bond donors (Lipinski definition) is 0. The molecule has 3 nitrogen and oxygen atoms in total. The average molecular weight is 620 g/mol. The van der Waals surface area contributed by atoms with Gasteiger partial charge in [-0.1, -0.05) is 102 Å². The lowest BCUT2D eigenvalue weighted by atomic mass is 10.0. The van der Waals surface area contributed by atoms with Crippen LogP contribution in [0.1, 0.15) is 54.1 Å². The SMILES string of the molecule is C[S+](c1ccccc1)c1ccccc1.Cc1cc(C)c(C(=O)P(=O)(C(=O)c2c(C)cc(C)cc2C)c2ccccc2)c(C)c1. The topological polar surface area (TPSA) is 51.2 Å². The summed E-state index contributed by atoms with van der Waals surface area (Å²) in [6.07, 6.45) is 2.27. The molecule has 0 saturated heterocycles. The van der Waals surface area contributed by atoms with Gasteiger partial charge in [0.05, 0.1) is 10.9 Å². The van der Waals surface area contributed by atoms with Crippen molar-refractivity contribution in [2.24, 2.45) is 0 Å². The van der Waals surface area contributed by atoms with Gasteiger partial charge in [-0.3, -0.25) is 9.59 Å². The number of carbonyl (C=O) groups excluding carboxylic acids is 2. The third kappa shape index (κ3) is 7.04. The summed E-state index contributed by atoms with van der Waals surface area (Å²) >= 11 is 0. The van der Waals surface area contributed by atoms with E-state index in [2.05, 4.69) is 66.9 Å². The van der Waals surface area contributed by atoms with E-state index in [0.29, 0.717) is 11.1 Å². The van der Waals surface area contributed by atoms with E-state index >= 15 is 0 Å². The van der Waals surface area contributed by atoms with Gasteiger partial charge in [0.2, 0.25) is 18.2 Å². The minimum absolute atomic E-state index is 0.203. The predicted molar refractivity (Wildman–Crippen MR) is 186 cm³/mol. The van der Waals surface area contributed by atoms with E-state index in [9.17, 15) is 14.2 Å². The quantitative estimate of drug-likeness (QED) is 0.135. The summed E-state index contributed by atoms with van der Waals surface area (Å²) < 4.78 is 14.5. The van der Waals surface area contributed by atoms with Crippen LogP contribution in [-0.4, -0.2) is 17.3 Å². The highest BCUT2D eigenvalue weighted by Gasteiger charge is 2.44. The Morgan fingerprint density at radius 2 is 0.795 bits per heavy atom. The van der Waals surface area contributed by atoms with Crippen LogP contribution in [0.25, 0.3) is 0 Å². The van der Waals surface area contributed by atoms with Gasteiger partial charge in [-0.15, -0.1) is 0 Å². The van der Waals surface area contributed by atoms with Crippen LogP contribution in [0.3, 0.4) is 0 Å². The Labute approximate surface area is 265 Å². The second kappa shape index (κ2) is 14.2. The lowest BCUT2D eigenvalue weighted by molar-refractivity contribution is 0.104. The molecule has 0 aliphatic heterocycles. The molecule has 0 unspecified atom stereocenters. The average Bonchev–Trinajstić information content (AvgIpc) is 3.00. The molecule has 5 aromatic rings. The Kier molecular flexibility index (Phi) is 10.6. The summed E-state index contributed by atoms with van der Waals surface area (Å²) in [5, 5.41) is 0.277. The maximum atomic E-state index is 14.5. The van der Waals surface area contributed by atoms with Crippen LogP contribution in [0, 0.1) is 41.5 Å². The van der Waals surface area contributed by atoms with Crippen molar-refractivity contribution in [3.63, 3.8) is 0 Å². The van der Waals surface area contributed by atoms with Crippen LogP contribution in [-0.2, 0) is 15.5 Å². The van der Waals surface area contributed by atoms with Crippen molar-refractivity contribution in [1.82, 2.24) is 0 Å². The lowest BCUT2D eigenvalue weighted by Gasteiger charge is -2.21. The van der Waals surface area contributed by atoms with Gasteiger partial charge in [0, 0.05) is 16.4 Å². The van der Waals surface area contributed by atoms with Crippen molar-refractivity contribution >= 4 is 34.4 Å². The molecule has 0 saturated carbocycles. The van der Waals surface area contributed by atoms with Crippen molar-refractivity contribution in [2.45, 2.75) is 51.3 Å². The zero-order chi connectivity index (χ0) is 32.0. The van der Waals surface area contributed by atoms with Crippen molar-refractivity contribution in [3.8, 4) is 0 Å². The van der Waals surface area contributed by atoms with Crippen LogP contribution in [0.2, 0.25) is 0 Å². The molecule has 5 rings (SSSR count). The second-order valence-corrected chi connectivity index (χ2v) is 15.7. The van der Waals surface area contributed by atoms with Gasteiger partial charge >= 0.3 is 0 Å². The summed E-state index contributed by atoms with van der Waals surface area (Å²) in [6, 6.07) is 37.3. The first-order valence-electron chi connectivity index (χ1n) is 14.6. The molecule has 0 atom stereocenters. The first-order valence-corrected chi connectivity index (χ1v) is 18.0. The minimum atomic E-state index is -4.11. The lowest BCUT2D eigenvalue weighted by Crippen LogP contribution is -2.23. The Morgan fingerprint density at radius 3 is 1.11 bits per heavy atom. The molecule has 0 aromatic heterocycles. The Balaban J connectivity index is 0.000000262. The molecule has 0 bridgehead atoms. The largest absolute Gasteiger partial charge is 0.302 e. The zero-order valence-electron chi connectivity index (χ0n) is 26.5. The molecule has 5 heteroatoms. The van der Waals surface area contributed by atoms with Gasteiger partial charge in [0.1, 0.15) is 6.26 Å². The monoisotopic (exact) mass is 619 g/mol. The highest BCUT2D eigenvalue weighted by atomic mass is 32.2. The van der Waals surface area contributed by atoms with E-state index in [1.54, 1.807) is 30.3 Å².